The van der Waals surface area contributed by atoms with Gasteiger partial charge in [0.1, 0.15) is 17.3 Å². The summed E-state index contributed by atoms with van der Waals surface area (Å²) in [5, 5.41) is 20.7. The average Bonchev–Trinajstić information content (AvgIpc) is 3.34. The third-order valence-corrected chi connectivity index (χ3v) is 5.32. The number of pyridine rings is 1. The van der Waals surface area contributed by atoms with Gasteiger partial charge in [0.15, 0.2) is 11.4 Å². The highest BCUT2D eigenvalue weighted by Crippen LogP contribution is 2.31. The molecule has 0 amide bonds. The van der Waals surface area contributed by atoms with Crippen LogP contribution in [-0.4, -0.2) is 50.7 Å². The van der Waals surface area contributed by atoms with Gasteiger partial charge in [-0.1, -0.05) is 6.42 Å². The third-order valence-electron chi connectivity index (χ3n) is 5.32. The Bertz CT molecular complexity index is 1030. The lowest BCUT2D eigenvalue weighted by molar-refractivity contribution is 0.0869. The largest absolute Gasteiger partial charge is 0.480 e. The quantitative estimate of drug-likeness (QED) is 0.522. The van der Waals surface area contributed by atoms with E-state index in [-0.39, 0.29) is 11.7 Å². The fraction of sp³-hybridized carbons (Fsp3) is 0.400. The summed E-state index contributed by atoms with van der Waals surface area (Å²) in [6.45, 7) is 0. The van der Waals surface area contributed by atoms with Crippen LogP contribution in [0.5, 0.6) is 5.88 Å². The Morgan fingerprint density at radius 1 is 1.41 bits per heavy atom. The number of aliphatic hydroxyl groups excluding tert-OH is 1. The molecule has 29 heavy (non-hydrogen) atoms. The van der Waals surface area contributed by atoms with Crippen LogP contribution in [0.15, 0.2) is 30.6 Å². The summed E-state index contributed by atoms with van der Waals surface area (Å²) in [5.74, 6) is 1.60. The molecule has 3 heterocycles. The van der Waals surface area contributed by atoms with E-state index < -0.39 is 6.10 Å². The smallest absolute Gasteiger partial charge is 0.237 e. The molecule has 152 valence electrons. The molecule has 1 aliphatic rings. The van der Waals surface area contributed by atoms with Crippen molar-refractivity contribution >= 4 is 28.8 Å². The van der Waals surface area contributed by atoms with Gasteiger partial charge in [-0.3, -0.25) is 4.79 Å². The third kappa shape index (κ3) is 3.73. The second-order valence-corrected chi connectivity index (χ2v) is 7.14. The zero-order valence-electron chi connectivity index (χ0n) is 16.4. The van der Waals surface area contributed by atoms with E-state index in [2.05, 4.69) is 25.7 Å². The Kier molecular flexibility index (Phi) is 5.30. The first-order valence-corrected chi connectivity index (χ1v) is 9.64. The Morgan fingerprint density at radius 3 is 3.00 bits per heavy atom. The van der Waals surface area contributed by atoms with Crippen molar-refractivity contribution in [1.29, 1.82) is 0 Å². The molecule has 2 atom stereocenters. The molecule has 1 fully saturated rings. The summed E-state index contributed by atoms with van der Waals surface area (Å²) in [7, 11) is 3.33. The number of Topliss-reactive ketones (excluding diaryl/α,β-unsaturated/α-hetero) is 1. The van der Waals surface area contributed by atoms with Gasteiger partial charge < -0.3 is 20.5 Å². The van der Waals surface area contributed by atoms with E-state index in [1.807, 2.05) is 6.07 Å². The maximum atomic E-state index is 12.9. The minimum absolute atomic E-state index is 0.00202. The Morgan fingerprint density at radius 2 is 2.28 bits per heavy atom. The minimum atomic E-state index is -0.406. The number of nitrogens with one attached hydrogen (secondary N) is 2. The predicted octanol–water partition coefficient (Wildman–Crippen LogP) is 2.65. The van der Waals surface area contributed by atoms with Crippen LogP contribution in [0, 0.1) is 5.92 Å². The minimum Gasteiger partial charge on any atom is -0.480 e. The molecular formula is C20H24N6O3. The predicted molar refractivity (Wildman–Crippen MR) is 109 cm³/mol. The zero-order chi connectivity index (χ0) is 20.4. The van der Waals surface area contributed by atoms with Gasteiger partial charge in [0.2, 0.25) is 5.88 Å². The first kappa shape index (κ1) is 19.1. The first-order valence-electron chi connectivity index (χ1n) is 9.64. The normalized spacial score (nSPS) is 18.7. The van der Waals surface area contributed by atoms with Gasteiger partial charge in [0, 0.05) is 25.7 Å². The second-order valence-electron chi connectivity index (χ2n) is 7.14. The summed E-state index contributed by atoms with van der Waals surface area (Å²) in [6.07, 6.45) is 5.66. The molecule has 0 saturated heterocycles. The molecule has 0 spiro atoms. The Hall–Kier alpha value is -3.20. The van der Waals surface area contributed by atoms with Crippen LogP contribution in [0.4, 0.5) is 17.3 Å². The van der Waals surface area contributed by atoms with E-state index in [1.165, 1.54) is 0 Å². The van der Waals surface area contributed by atoms with Crippen molar-refractivity contribution < 1.29 is 14.6 Å². The molecular weight excluding hydrogens is 372 g/mol. The Balaban J connectivity index is 1.68. The number of fused-ring (bicyclic) bond motifs is 1. The van der Waals surface area contributed by atoms with Gasteiger partial charge in [-0.2, -0.15) is 9.61 Å². The standard InChI is InChI=1S/C20H24N6O3/c1-21-18-10-17(24-14-6-4-8-22-20(14)29-2)25-19-13(11-23-26(18)19)16(28)9-12-5-3-7-15(12)27/h4,6,8,10-12,15,21,27H,3,5,7,9H2,1-2H3,(H,24,25)/t12?,15-/m1/s1. The highest BCUT2D eigenvalue weighted by molar-refractivity contribution is 6.01. The van der Waals surface area contributed by atoms with Crippen molar-refractivity contribution in [3.05, 3.63) is 36.2 Å². The molecule has 0 aliphatic heterocycles. The maximum absolute atomic E-state index is 12.9. The number of ketones is 1. The monoisotopic (exact) mass is 396 g/mol. The average molecular weight is 396 g/mol. The molecule has 0 radical (unpaired) electrons. The lowest BCUT2D eigenvalue weighted by Gasteiger charge is -2.13. The molecule has 9 nitrogen and oxygen atoms in total. The molecule has 0 bridgehead atoms. The maximum Gasteiger partial charge on any atom is 0.237 e. The van der Waals surface area contributed by atoms with Crippen molar-refractivity contribution in [2.45, 2.75) is 31.8 Å². The second kappa shape index (κ2) is 8.04. The lowest BCUT2D eigenvalue weighted by Crippen LogP contribution is -2.17. The van der Waals surface area contributed by atoms with Gasteiger partial charge in [0.25, 0.3) is 0 Å². The summed E-state index contributed by atoms with van der Waals surface area (Å²) in [5.41, 5.74) is 1.57. The number of methoxy groups -OCH3 is 1. The number of carbonyl (C=O) groups excluding carboxylic acids is 1. The highest BCUT2D eigenvalue weighted by Gasteiger charge is 2.29. The molecule has 1 saturated carbocycles. The molecule has 3 aromatic rings. The summed E-state index contributed by atoms with van der Waals surface area (Å²) in [6, 6.07) is 5.42. The van der Waals surface area contributed by atoms with Crippen LogP contribution < -0.4 is 15.4 Å². The number of aromatic nitrogens is 4. The molecule has 1 unspecified atom stereocenters. The molecule has 4 rings (SSSR count). The summed E-state index contributed by atoms with van der Waals surface area (Å²) >= 11 is 0. The van der Waals surface area contributed by atoms with Crippen LogP contribution >= 0.6 is 0 Å². The first-order chi connectivity index (χ1) is 14.1. The van der Waals surface area contributed by atoms with Crippen LogP contribution in [0.2, 0.25) is 0 Å². The topological polar surface area (TPSA) is 114 Å². The Labute approximate surface area is 168 Å². The number of hydrogen-bond donors (Lipinski definition) is 3. The van der Waals surface area contributed by atoms with E-state index in [1.54, 1.807) is 43.2 Å². The fourth-order valence-corrected chi connectivity index (χ4v) is 3.79. The number of nitrogens with zero attached hydrogens (tertiary/aromatic N) is 4. The van der Waals surface area contributed by atoms with Crippen molar-refractivity contribution in [3.8, 4) is 5.88 Å². The molecule has 9 heteroatoms. The molecule has 1 aliphatic carbocycles. The van der Waals surface area contributed by atoms with Crippen molar-refractivity contribution in [2.24, 2.45) is 5.92 Å². The fourth-order valence-electron chi connectivity index (χ4n) is 3.79. The summed E-state index contributed by atoms with van der Waals surface area (Å²) in [4.78, 5) is 21.7. The van der Waals surface area contributed by atoms with Crippen molar-refractivity contribution in [3.63, 3.8) is 0 Å². The van der Waals surface area contributed by atoms with Crippen LogP contribution in [0.25, 0.3) is 5.65 Å². The van der Waals surface area contributed by atoms with E-state index in [0.717, 1.165) is 19.3 Å². The number of aliphatic hydroxyl groups is 1. The zero-order valence-corrected chi connectivity index (χ0v) is 16.4. The van der Waals surface area contributed by atoms with Crippen LogP contribution in [0.1, 0.15) is 36.0 Å². The van der Waals surface area contributed by atoms with Gasteiger partial charge in [-0.15, -0.1) is 0 Å². The SMILES string of the molecule is CNc1cc(Nc2cccnc2OC)nc2c(C(=O)CC3CCC[C@H]3O)cnn12. The number of rotatable bonds is 7. The lowest BCUT2D eigenvalue weighted by atomic mass is 9.96. The molecule has 3 aromatic heterocycles. The number of hydrogen-bond acceptors (Lipinski definition) is 8. The van der Waals surface area contributed by atoms with E-state index in [9.17, 15) is 9.90 Å². The summed E-state index contributed by atoms with van der Waals surface area (Å²) < 4.78 is 6.88. The number of ether oxygens (including phenoxy) is 1. The van der Waals surface area contributed by atoms with E-state index in [0.29, 0.717) is 40.8 Å². The van der Waals surface area contributed by atoms with Gasteiger partial charge >= 0.3 is 0 Å². The van der Waals surface area contributed by atoms with E-state index >= 15 is 0 Å². The number of anilines is 3. The highest BCUT2D eigenvalue weighted by atomic mass is 16.5. The number of carbonyl (C=O) groups is 1. The molecule has 0 aromatic carbocycles. The van der Waals surface area contributed by atoms with E-state index in [4.69, 9.17) is 4.74 Å². The van der Waals surface area contributed by atoms with Gasteiger partial charge in [0.05, 0.1) is 25.0 Å². The van der Waals surface area contributed by atoms with Gasteiger partial charge in [-0.05, 0) is 30.9 Å². The van der Waals surface area contributed by atoms with Crippen molar-refractivity contribution in [1.82, 2.24) is 19.6 Å². The van der Waals surface area contributed by atoms with Crippen LogP contribution in [0.3, 0.4) is 0 Å². The van der Waals surface area contributed by atoms with Crippen LogP contribution in [-0.2, 0) is 0 Å². The van der Waals surface area contributed by atoms with Gasteiger partial charge in [-0.25, -0.2) is 9.97 Å². The van der Waals surface area contributed by atoms with Crippen molar-refractivity contribution in [2.75, 3.05) is 24.8 Å². The molecule has 3 N–H and O–H groups in total.